The molecular weight excluding hydrogens is 264 g/mol. The number of anilines is 1. The topological polar surface area (TPSA) is 38.9 Å². The molecule has 0 amide bonds. The third-order valence-electron chi connectivity index (χ3n) is 2.04. The molecule has 0 spiro atoms. The van der Waals surface area contributed by atoms with Crippen LogP contribution in [-0.2, 0) is 0 Å². The second kappa shape index (κ2) is 4.82. The number of nitrogens with zero attached hydrogens (tertiary/aromatic N) is 1. The lowest BCUT2D eigenvalue weighted by atomic mass is 10.2. The van der Waals surface area contributed by atoms with Crippen molar-refractivity contribution in [2.24, 2.45) is 0 Å². The fourth-order valence-electron chi connectivity index (χ4n) is 1.18. The van der Waals surface area contributed by atoms with Gasteiger partial charge in [-0.15, -0.1) is 0 Å². The van der Waals surface area contributed by atoms with E-state index in [0.717, 1.165) is 15.6 Å². The lowest BCUT2D eigenvalue weighted by Gasteiger charge is -1.94. The van der Waals surface area contributed by atoms with Gasteiger partial charge in [0.05, 0.1) is 11.3 Å². The zero-order chi connectivity index (χ0) is 11.4. The van der Waals surface area contributed by atoms with E-state index in [-0.39, 0.29) is 0 Å². The Labute approximate surface area is 103 Å². The molecule has 0 aliphatic carbocycles. The highest BCUT2D eigenvalue weighted by Gasteiger charge is 1.92. The zero-order valence-corrected chi connectivity index (χ0v) is 10.0. The monoisotopic (exact) mass is 272 g/mol. The van der Waals surface area contributed by atoms with Crippen LogP contribution >= 0.6 is 15.9 Å². The van der Waals surface area contributed by atoms with E-state index in [2.05, 4.69) is 32.8 Å². The minimum Gasteiger partial charge on any atom is -0.398 e. The van der Waals surface area contributed by atoms with Gasteiger partial charge in [-0.25, -0.2) is 0 Å². The summed E-state index contributed by atoms with van der Waals surface area (Å²) in [5.74, 6) is 6.03. The summed E-state index contributed by atoms with van der Waals surface area (Å²) >= 11 is 3.37. The first-order chi connectivity index (χ1) is 7.75. The summed E-state index contributed by atoms with van der Waals surface area (Å²) in [6.07, 6.45) is 3.32. The van der Waals surface area contributed by atoms with Crippen LogP contribution in [0.5, 0.6) is 0 Å². The van der Waals surface area contributed by atoms with Crippen molar-refractivity contribution in [3.05, 3.63) is 58.3 Å². The van der Waals surface area contributed by atoms with Gasteiger partial charge in [-0.05, 0) is 30.3 Å². The molecule has 0 saturated heterocycles. The fraction of sp³-hybridized carbons (Fsp3) is 0. The molecule has 0 unspecified atom stereocenters. The Morgan fingerprint density at radius 3 is 2.50 bits per heavy atom. The first-order valence-electron chi connectivity index (χ1n) is 4.73. The number of rotatable bonds is 0. The van der Waals surface area contributed by atoms with Gasteiger partial charge >= 0.3 is 0 Å². The van der Waals surface area contributed by atoms with E-state index in [1.165, 1.54) is 0 Å². The van der Waals surface area contributed by atoms with Crippen molar-refractivity contribution in [2.45, 2.75) is 0 Å². The summed E-state index contributed by atoms with van der Waals surface area (Å²) in [7, 11) is 0. The maximum Gasteiger partial charge on any atom is 0.0661 e. The van der Waals surface area contributed by atoms with Crippen molar-refractivity contribution >= 4 is 21.6 Å². The Morgan fingerprint density at radius 2 is 1.81 bits per heavy atom. The second-order valence-electron chi connectivity index (χ2n) is 3.22. The number of pyridine rings is 1. The molecular formula is C13H9BrN2. The number of aromatic nitrogens is 1. The molecule has 0 fully saturated rings. The minimum atomic E-state index is 0.652. The van der Waals surface area contributed by atoms with Crippen LogP contribution in [0, 0.1) is 11.8 Å². The summed E-state index contributed by atoms with van der Waals surface area (Å²) in [4.78, 5) is 3.98. The Bertz CT molecular complexity index is 550. The molecule has 16 heavy (non-hydrogen) atoms. The first-order valence-corrected chi connectivity index (χ1v) is 5.52. The fourth-order valence-corrected chi connectivity index (χ4v) is 1.45. The van der Waals surface area contributed by atoms with Gasteiger partial charge in [0.1, 0.15) is 0 Å². The van der Waals surface area contributed by atoms with Crippen molar-refractivity contribution < 1.29 is 0 Å². The average molecular weight is 273 g/mol. The number of halogens is 1. The Hall–Kier alpha value is -1.79. The van der Waals surface area contributed by atoms with Gasteiger partial charge in [-0.2, -0.15) is 0 Å². The third kappa shape index (κ3) is 2.62. The Kier molecular flexibility index (Phi) is 3.23. The maximum atomic E-state index is 5.76. The summed E-state index contributed by atoms with van der Waals surface area (Å²) in [6, 6.07) is 9.55. The summed E-state index contributed by atoms with van der Waals surface area (Å²) in [6.45, 7) is 0. The van der Waals surface area contributed by atoms with E-state index in [1.807, 2.05) is 24.3 Å². The van der Waals surface area contributed by atoms with Crippen LogP contribution in [0.2, 0.25) is 0 Å². The molecule has 0 aliphatic heterocycles. The van der Waals surface area contributed by atoms with E-state index in [4.69, 9.17) is 5.73 Å². The highest BCUT2D eigenvalue weighted by Crippen LogP contribution is 2.10. The lowest BCUT2D eigenvalue weighted by molar-refractivity contribution is 1.32. The van der Waals surface area contributed by atoms with E-state index >= 15 is 0 Å². The van der Waals surface area contributed by atoms with Crippen molar-refractivity contribution in [1.82, 2.24) is 4.98 Å². The normalized spacial score (nSPS) is 9.31. The molecule has 0 saturated carbocycles. The Balaban J connectivity index is 2.29. The molecule has 1 heterocycles. The summed E-state index contributed by atoms with van der Waals surface area (Å²) in [5.41, 5.74) is 8.12. The van der Waals surface area contributed by atoms with Crippen LogP contribution in [-0.4, -0.2) is 4.98 Å². The molecule has 0 aliphatic rings. The molecule has 2 aromatic rings. The molecule has 0 bridgehead atoms. The molecule has 1 aromatic carbocycles. The van der Waals surface area contributed by atoms with Crippen LogP contribution in [0.1, 0.15) is 11.1 Å². The average Bonchev–Trinajstić information content (AvgIpc) is 2.30. The minimum absolute atomic E-state index is 0.652. The number of nitrogens with two attached hydrogens (primary N) is 1. The van der Waals surface area contributed by atoms with Crippen molar-refractivity contribution in [3.8, 4) is 11.8 Å². The zero-order valence-electron chi connectivity index (χ0n) is 8.44. The van der Waals surface area contributed by atoms with Crippen LogP contribution < -0.4 is 5.73 Å². The smallest absolute Gasteiger partial charge is 0.0661 e. The number of benzene rings is 1. The van der Waals surface area contributed by atoms with Gasteiger partial charge in [-0.1, -0.05) is 27.8 Å². The van der Waals surface area contributed by atoms with Gasteiger partial charge in [0.15, 0.2) is 0 Å². The van der Waals surface area contributed by atoms with Crippen molar-refractivity contribution in [1.29, 1.82) is 0 Å². The number of hydrogen-bond donors (Lipinski definition) is 1. The second-order valence-corrected chi connectivity index (χ2v) is 4.14. The SMILES string of the molecule is Nc1ccncc1C#Cc1ccc(Br)cc1. The molecule has 2 rings (SSSR count). The number of nitrogen functional groups attached to an aromatic ring is 1. The molecule has 78 valence electrons. The molecule has 0 atom stereocenters. The van der Waals surface area contributed by atoms with Crippen LogP contribution in [0.4, 0.5) is 5.69 Å². The summed E-state index contributed by atoms with van der Waals surface area (Å²) in [5, 5.41) is 0. The van der Waals surface area contributed by atoms with E-state index < -0.39 is 0 Å². The summed E-state index contributed by atoms with van der Waals surface area (Å²) < 4.78 is 1.04. The molecule has 0 radical (unpaired) electrons. The quantitative estimate of drug-likeness (QED) is 0.749. The van der Waals surface area contributed by atoms with E-state index in [9.17, 15) is 0 Å². The molecule has 2 N–H and O–H groups in total. The van der Waals surface area contributed by atoms with Crippen molar-refractivity contribution in [2.75, 3.05) is 5.73 Å². The predicted molar refractivity (Wildman–Crippen MR) is 68.8 cm³/mol. The first kappa shape index (κ1) is 10.7. The Morgan fingerprint density at radius 1 is 1.06 bits per heavy atom. The van der Waals surface area contributed by atoms with Gasteiger partial charge < -0.3 is 5.73 Å². The van der Waals surface area contributed by atoms with E-state index in [1.54, 1.807) is 18.5 Å². The van der Waals surface area contributed by atoms with Crippen LogP contribution in [0.3, 0.4) is 0 Å². The van der Waals surface area contributed by atoms with Crippen LogP contribution in [0.25, 0.3) is 0 Å². The van der Waals surface area contributed by atoms with Gasteiger partial charge in [-0.3, -0.25) is 4.98 Å². The highest BCUT2D eigenvalue weighted by atomic mass is 79.9. The van der Waals surface area contributed by atoms with Crippen molar-refractivity contribution in [3.63, 3.8) is 0 Å². The lowest BCUT2D eigenvalue weighted by Crippen LogP contribution is -1.90. The standard InChI is InChI=1S/C13H9BrN2/c14-12-5-2-10(3-6-12)1-4-11-9-16-8-7-13(11)15/h2-3,5-9H,(H2,15,16). The van der Waals surface area contributed by atoms with Gasteiger partial charge in [0, 0.05) is 22.4 Å². The molecule has 2 nitrogen and oxygen atoms in total. The highest BCUT2D eigenvalue weighted by molar-refractivity contribution is 9.10. The van der Waals surface area contributed by atoms with Gasteiger partial charge in [0.2, 0.25) is 0 Å². The van der Waals surface area contributed by atoms with E-state index in [0.29, 0.717) is 5.69 Å². The van der Waals surface area contributed by atoms with Crippen LogP contribution in [0.15, 0.2) is 47.2 Å². The maximum absolute atomic E-state index is 5.76. The molecule has 1 aromatic heterocycles. The molecule has 3 heteroatoms. The number of hydrogen-bond acceptors (Lipinski definition) is 2. The largest absolute Gasteiger partial charge is 0.398 e. The third-order valence-corrected chi connectivity index (χ3v) is 2.57. The van der Waals surface area contributed by atoms with Gasteiger partial charge in [0.25, 0.3) is 0 Å². The predicted octanol–water partition coefficient (Wildman–Crippen LogP) is 2.83.